The summed E-state index contributed by atoms with van der Waals surface area (Å²) in [7, 11) is 0. The van der Waals surface area contributed by atoms with Crippen molar-refractivity contribution >= 4 is 56.7 Å². The third kappa shape index (κ3) is 8.82. The topological polar surface area (TPSA) is 109 Å². The largest absolute Gasteiger partial charge is 0.493 e. The van der Waals surface area contributed by atoms with Crippen LogP contribution >= 0.6 is 28.1 Å². The van der Waals surface area contributed by atoms with Gasteiger partial charge in [0, 0.05) is 22.1 Å². The van der Waals surface area contributed by atoms with E-state index in [1.165, 1.54) is 0 Å². The number of nitrogens with one attached hydrogen (secondary N) is 4. The second kappa shape index (κ2) is 12.9. The molecular formula is C23H27BrN4O4S. The fraction of sp³-hybridized carbons (Fsp3) is 0.304. The number of anilines is 1. The number of halogens is 1. The van der Waals surface area contributed by atoms with Crippen LogP contribution in [0.4, 0.5) is 5.69 Å². The van der Waals surface area contributed by atoms with E-state index in [1.54, 1.807) is 42.5 Å². The average Bonchev–Trinajstić information content (AvgIpc) is 2.76. The van der Waals surface area contributed by atoms with Crippen molar-refractivity contribution in [2.24, 2.45) is 5.92 Å². The molecule has 2 aromatic carbocycles. The molecule has 0 atom stereocenters. The number of rotatable bonds is 8. The Kier molecular flexibility index (Phi) is 10.3. The Morgan fingerprint density at radius 3 is 2.36 bits per heavy atom. The predicted molar refractivity (Wildman–Crippen MR) is 135 cm³/mol. The van der Waals surface area contributed by atoms with Gasteiger partial charge in [0.2, 0.25) is 5.91 Å². The Hall–Kier alpha value is -2.98. The number of ether oxygens (including phenoxy) is 1. The predicted octanol–water partition coefficient (Wildman–Crippen LogP) is 4.17. The summed E-state index contributed by atoms with van der Waals surface area (Å²) < 4.78 is 6.33. The van der Waals surface area contributed by atoms with Crippen molar-refractivity contribution in [2.45, 2.75) is 33.6 Å². The average molecular weight is 535 g/mol. The molecule has 0 aliphatic rings. The number of hydrogen-bond donors (Lipinski definition) is 4. The molecule has 0 heterocycles. The van der Waals surface area contributed by atoms with E-state index in [9.17, 15) is 14.4 Å². The molecule has 0 saturated heterocycles. The van der Waals surface area contributed by atoms with Crippen molar-refractivity contribution in [1.29, 1.82) is 0 Å². The Morgan fingerprint density at radius 1 is 1.03 bits per heavy atom. The van der Waals surface area contributed by atoms with Crippen molar-refractivity contribution in [3.63, 3.8) is 0 Å². The highest BCUT2D eigenvalue weighted by atomic mass is 79.9. The Balaban J connectivity index is 1.89. The summed E-state index contributed by atoms with van der Waals surface area (Å²) in [5.74, 6) is -0.329. The molecule has 4 N–H and O–H groups in total. The van der Waals surface area contributed by atoms with Gasteiger partial charge < -0.3 is 10.1 Å². The number of benzene rings is 2. The minimum absolute atomic E-state index is 0.0765. The second-order valence-corrected chi connectivity index (χ2v) is 8.90. The Bertz CT molecular complexity index is 1010. The standard InChI is InChI=1S/C23H27BrN4O4S/c1-4-11-32-19-10-7-16(24)13-18(19)22(31)26-23(33)28-27-21(30)15-5-8-17(9-6-15)25-20(29)12-14(2)3/h5-10,13-14H,4,11-12H2,1-3H3,(H,25,29)(H,27,30)(H2,26,28,31,33). The van der Waals surface area contributed by atoms with Crippen LogP contribution in [0, 0.1) is 5.92 Å². The van der Waals surface area contributed by atoms with Crippen molar-refractivity contribution in [1.82, 2.24) is 16.2 Å². The summed E-state index contributed by atoms with van der Waals surface area (Å²) in [5, 5.41) is 5.21. The Labute approximate surface area is 206 Å². The van der Waals surface area contributed by atoms with E-state index in [1.807, 2.05) is 20.8 Å². The fourth-order valence-corrected chi connectivity index (χ4v) is 3.20. The van der Waals surface area contributed by atoms with Gasteiger partial charge in [0.25, 0.3) is 11.8 Å². The van der Waals surface area contributed by atoms with E-state index in [4.69, 9.17) is 17.0 Å². The zero-order chi connectivity index (χ0) is 24.4. The molecule has 176 valence electrons. The summed E-state index contributed by atoms with van der Waals surface area (Å²) in [6.07, 6.45) is 1.22. The van der Waals surface area contributed by atoms with Gasteiger partial charge in [-0.25, -0.2) is 0 Å². The van der Waals surface area contributed by atoms with Gasteiger partial charge in [-0.3, -0.25) is 30.6 Å². The van der Waals surface area contributed by atoms with Gasteiger partial charge >= 0.3 is 0 Å². The molecule has 0 aliphatic heterocycles. The van der Waals surface area contributed by atoms with Crippen LogP contribution in [0.5, 0.6) is 5.75 Å². The highest BCUT2D eigenvalue weighted by Crippen LogP contribution is 2.23. The highest BCUT2D eigenvalue weighted by molar-refractivity contribution is 9.10. The van der Waals surface area contributed by atoms with E-state index >= 15 is 0 Å². The first-order chi connectivity index (χ1) is 15.7. The number of carbonyl (C=O) groups excluding carboxylic acids is 3. The first kappa shape index (κ1) is 26.3. The zero-order valence-corrected chi connectivity index (χ0v) is 21.1. The van der Waals surface area contributed by atoms with Crippen molar-refractivity contribution < 1.29 is 19.1 Å². The summed E-state index contributed by atoms with van der Waals surface area (Å²) in [6.45, 7) is 6.37. The van der Waals surface area contributed by atoms with Crippen LogP contribution in [-0.2, 0) is 4.79 Å². The van der Waals surface area contributed by atoms with Crippen LogP contribution < -0.4 is 26.2 Å². The first-order valence-corrected chi connectivity index (χ1v) is 11.6. The lowest BCUT2D eigenvalue weighted by atomic mass is 10.1. The number of thiocarbonyl (C=S) groups is 1. The van der Waals surface area contributed by atoms with Gasteiger partial charge in [0.05, 0.1) is 12.2 Å². The maximum Gasteiger partial charge on any atom is 0.269 e. The summed E-state index contributed by atoms with van der Waals surface area (Å²) in [4.78, 5) is 36.8. The van der Waals surface area contributed by atoms with Gasteiger partial charge in [-0.05, 0) is 67.0 Å². The molecule has 2 aromatic rings. The molecule has 2 rings (SSSR count). The van der Waals surface area contributed by atoms with Crippen LogP contribution in [0.2, 0.25) is 0 Å². The molecule has 0 aliphatic carbocycles. The number of hydrogen-bond acceptors (Lipinski definition) is 5. The zero-order valence-electron chi connectivity index (χ0n) is 18.7. The quantitative estimate of drug-likeness (QED) is 0.299. The smallest absolute Gasteiger partial charge is 0.269 e. The second-order valence-electron chi connectivity index (χ2n) is 7.57. The molecule has 8 nitrogen and oxygen atoms in total. The maximum atomic E-state index is 12.6. The molecule has 10 heteroatoms. The minimum Gasteiger partial charge on any atom is -0.493 e. The number of hydrazine groups is 1. The molecule has 3 amide bonds. The van der Waals surface area contributed by atoms with Gasteiger partial charge in [0.15, 0.2) is 5.11 Å². The van der Waals surface area contributed by atoms with Crippen molar-refractivity contribution in [3.05, 3.63) is 58.1 Å². The van der Waals surface area contributed by atoms with Gasteiger partial charge in [-0.2, -0.15) is 0 Å². The number of carbonyl (C=O) groups is 3. The third-order valence-corrected chi connectivity index (χ3v) is 4.89. The molecular weight excluding hydrogens is 508 g/mol. The van der Waals surface area contributed by atoms with E-state index in [0.29, 0.717) is 40.1 Å². The normalized spacial score (nSPS) is 10.3. The van der Waals surface area contributed by atoms with E-state index in [0.717, 1.165) is 6.42 Å². The lowest BCUT2D eigenvalue weighted by Crippen LogP contribution is -2.48. The molecule has 0 saturated carbocycles. The van der Waals surface area contributed by atoms with E-state index in [-0.39, 0.29) is 16.9 Å². The SMILES string of the molecule is CCCOc1ccc(Br)cc1C(=O)NC(=S)NNC(=O)c1ccc(NC(=O)CC(C)C)cc1. The van der Waals surface area contributed by atoms with Crippen LogP contribution in [-0.4, -0.2) is 29.4 Å². The fourth-order valence-electron chi connectivity index (χ4n) is 2.69. The Morgan fingerprint density at radius 2 is 1.73 bits per heavy atom. The molecule has 0 fully saturated rings. The van der Waals surface area contributed by atoms with Crippen LogP contribution in [0.3, 0.4) is 0 Å². The van der Waals surface area contributed by atoms with E-state index in [2.05, 4.69) is 37.4 Å². The first-order valence-electron chi connectivity index (χ1n) is 10.4. The van der Waals surface area contributed by atoms with Crippen molar-refractivity contribution in [3.8, 4) is 5.75 Å². The molecule has 33 heavy (non-hydrogen) atoms. The number of amides is 3. The van der Waals surface area contributed by atoms with Crippen LogP contribution in [0.25, 0.3) is 0 Å². The third-order valence-electron chi connectivity index (χ3n) is 4.19. The van der Waals surface area contributed by atoms with Crippen LogP contribution in [0.15, 0.2) is 46.9 Å². The molecule has 0 radical (unpaired) electrons. The lowest BCUT2D eigenvalue weighted by molar-refractivity contribution is -0.116. The van der Waals surface area contributed by atoms with Gasteiger partial charge in [0.1, 0.15) is 5.75 Å². The molecule has 0 bridgehead atoms. The monoisotopic (exact) mass is 534 g/mol. The summed E-state index contributed by atoms with van der Waals surface area (Å²) >= 11 is 8.45. The maximum absolute atomic E-state index is 12.6. The van der Waals surface area contributed by atoms with E-state index < -0.39 is 11.8 Å². The van der Waals surface area contributed by atoms with Crippen molar-refractivity contribution in [2.75, 3.05) is 11.9 Å². The summed E-state index contributed by atoms with van der Waals surface area (Å²) in [6, 6.07) is 11.5. The molecule has 0 aromatic heterocycles. The molecule has 0 spiro atoms. The van der Waals surface area contributed by atoms with Gasteiger partial charge in [-0.1, -0.05) is 36.7 Å². The highest BCUT2D eigenvalue weighted by Gasteiger charge is 2.15. The van der Waals surface area contributed by atoms with Gasteiger partial charge in [-0.15, -0.1) is 0 Å². The lowest BCUT2D eigenvalue weighted by Gasteiger charge is -2.14. The summed E-state index contributed by atoms with van der Waals surface area (Å²) in [5.41, 5.74) is 6.19. The minimum atomic E-state index is -0.476. The van der Waals surface area contributed by atoms with Crippen LogP contribution in [0.1, 0.15) is 54.3 Å². The molecule has 0 unspecified atom stereocenters.